The normalized spacial score (nSPS) is 12.3. The summed E-state index contributed by atoms with van der Waals surface area (Å²) in [6.45, 7) is 9.27. The van der Waals surface area contributed by atoms with Crippen LogP contribution < -0.4 is 0 Å². The van der Waals surface area contributed by atoms with Crippen molar-refractivity contribution in [3.63, 3.8) is 0 Å². The lowest BCUT2D eigenvalue weighted by Crippen LogP contribution is -1.97. The van der Waals surface area contributed by atoms with E-state index in [0.717, 1.165) is 0 Å². The fourth-order valence-electron chi connectivity index (χ4n) is 8.04. The molecule has 0 aliphatic rings. The molecule has 0 bridgehead atoms. The third kappa shape index (κ3) is 4.00. The molecule has 0 fully saturated rings. The zero-order valence-corrected chi connectivity index (χ0v) is 26.9. The zero-order chi connectivity index (χ0) is 31.1. The molecule has 0 atom stereocenters. The lowest BCUT2D eigenvalue weighted by molar-refractivity contribution is 0.876. The van der Waals surface area contributed by atoms with Crippen LogP contribution in [0.25, 0.3) is 86.9 Å². The van der Waals surface area contributed by atoms with Gasteiger partial charge < -0.3 is 0 Å². The van der Waals surface area contributed by atoms with Crippen LogP contribution in [-0.2, 0) is 0 Å². The minimum Gasteiger partial charge on any atom is -0.0616 e. The summed E-state index contributed by atoms with van der Waals surface area (Å²) >= 11 is 0. The molecule has 0 aliphatic carbocycles. The molecule has 0 amide bonds. The maximum Gasteiger partial charge on any atom is -0.00176 e. The van der Waals surface area contributed by atoms with Gasteiger partial charge in [-0.15, -0.1) is 0 Å². The van der Waals surface area contributed by atoms with Crippen LogP contribution in [0.1, 0.15) is 50.7 Å². The Balaban J connectivity index is 1.25. The minimum absolute atomic E-state index is 0.424. The van der Waals surface area contributed by atoms with Crippen molar-refractivity contribution in [3.8, 4) is 22.3 Å². The van der Waals surface area contributed by atoms with Crippen LogP contribution in [0.5, 0.6) is 0 Å². The molecule has 0 radical (unpaired) electrons. The molecule has 0 heteroatoms. The van der Waals surface area contributed by atoms with Gasteiger partial charge in [0, 0.05) is 0 Å². The van der Waals surface area contributed by atoms with Gasteiger partial charge in [0.25, 0.3) is 0 Å². The molecule has 46 heavy (non-hydrogen) atoms. The summed E-state index contributed by atoms with van der Waals surface area (Å²) in [5, 5.41) is 16.0. The lowest BCUT2D eigenvalue weighted by Gasteiger charge is -2.21. The zero-order valence-electron chi connectivity index (χ0n) is 26.9. The Morgan fingerprint density at radius 2 is 0.870 bits per heavy atom. The molecule has 0 aliphatic heterocycles. The average molecular weight is 589 g/mol. The highest BCUT2D eigenvalue weighted by molar-refractivity contribution is 6.27. The summed E-state index contributed by atoms with van der Waals surface area (Å²) in [6.07, 6.45) is 0. The number of fused-ring (bicyclic) bond motifs is 4. The van der Waals surface area contributed by atoms with Crippen molar-refractivity contribution < 1.29 is 0 Å². The highest BCUT2D eigenvalue weighted by atomic mass is 14.2. The summed E-state index contributed by atoms with van der Waals surface area (Å²) in [7, 11) is 0. The maximum absolute atomic E-state index is 2.46. The predicted molar refractivity (Wildman–Crippen MR) is 202 cm³/mol. The molecule has 0 heterocycles. The predicted octanol–water partition coefficient (Wildman–Crippen LogP) is 13.6. The van der Waals surface area contributed by atoms with Crippen molar-refractivity contribution in [2.75, 3.05) is 0 Å². The molecule has 0 aromatic heterocycles. The molecule has 0 nitrogen and oxygen atoms in total. The van der Waals surface area contributed by atoms with Crippen LogP contribution >= 0.6 is 0 Å². The Morgan fingerprint density at radius 1 is 0.326 bits per heavy atom. The molecule has 0 saturated carbocycles. The van der Waals surface area contributed by atoms with Crippen molar-refractivity contribution in [2.24, 2.45) is 0 Å². The van der Waals surface area contributed by atoms with Gasteiger partial charge in [-0.1, -0.05) is 137 Å². The fraction of sp³-hybridized carbons (Fsp3) is 0.130. The van der Waals surface area contributed by atoms with E-state index in [1.807, 2.05) is 0 Å². The molecular formula is C46H36. The Hall–Kier alpha value is -5.20. The molecule has 0 spiro atoms. The van der Waals surface area contributed by atoms with Gasteiger partial charge in [-0.3, -0.25) is 0 Å². The van der Waals surface area contributed by atoms with E-state index < -0.39 is 0 Å². The first-order valence-corrected chi connectivity index (χ1v) is 16.7. The minimum atomic E-state index is 0.424. The quantitative estimate of drug-likeness (QED) is 0.179. The van der Waals surface area contributed by atoms with Gasteiger partial charge in [0.2, 0.25) is 0 Å². The molecule has 9 aromatic rings. The third-order valence-corrected chi connectivity index (χ3v) is 10.3. The monoisotopic (exact) mass is 588 g/mol. The number of benzene rings is 9. The second-order valence-corrected chi connectivity index (χ2v) is 13.7. The highest BCUT2D eigenvalue weighted by Gasteiger charge is 2.19. The van der Waals surface area contributed by atoms with E-state index >= 15 is 0 Å². The largest absolute Gasteiger partial charge is 0.0616 e. The van der Waals surface area contributed by atoms with E-state index in [0.29, 0.717) is 11.8 Å². The van der Waals surface area contributed by atoms with Crippen molar-refractivity contribution in [3.05, 3.63) is 145 Å². The standard InChI is InChI=1S/C46H36/c1-27(2)35-19-17-29-18-20-40-42(28(3)4)26-44(41-22-21-39(35)45(29)46(40)41)34-16-14-30-23-33(15-13-31(30)24-34)43-25-32-9-5-6-10-36(32)37-11-7-8-12-38(37)43/h5-28H,1-4H3. The fourth-order valence-corrected chi connectivity index (χ4v) is 8.04. The molecule has 0 unspecified atom stereocenters. The van der Waals surface area contributed by atoms with E-state index in [9.17, 15) is 0 Å². The van der Waals surface area contributed by atoms with Crippen molar-refractivity contribution in [1.82, 2.24) is 0 Å². The van der Waals surface area contributed by atoms with Crippen molar-refractivity contribution in [2.45, 2.75) is 39.5 Å². The van der Waals surface area contributed by atoms with Gasteiger partial charge in [-0.2, -0.15) is 0 Å². The van der Waals surface area contributed by atoms with Gasteiger partial charge in [0.1, 0.15) is 0 Å². The topological polar surface area (TPSA) is 0 Å². The summed E-state index contributed by atoms with van der Waals surface area (Å²) in [5.41, 5.74) is 8.00. The van der Waals surface area contributed by atoms with Gasteiger partial charge in [-0.05, 0) is 134 Å². The SMILES string of the molecule is CC(C)c1ccc2ccc3c(C(C)C)cc(-c4ccc5cc(-c6cc7ccccc7c7ccccc67)ccc5c4)c4ccc1c2c43. The molecule has 0 N–H and O–H groups in total. The second-order valence-electron chi connectivity index (χ2n) is 13.7. The van der Waals surface area contributed by atoms with Crippen LogP contribution in [0.3, 0.4) is 0 Å². The lowest BCUT2D eigenvalue weighted by atomic mass is 9.82. The van der Waals surface area contributed by atoms with Crippen LogP contribution in [0.2, 0.25) is 0 Å². The van der Waals surface area contributed by atoms with Crippen LogP contribution in [-0.4, -0.2) is 0 Å². The van der Waals surface area contributed by atoms with E-state index in [1.54, 1.807) is 0 Å². The van der Waals surface area contributed by atoms with Crippen molar-refractivity contribution in [1.29, 1.82) is 0 Å². The summed E-state index contributed by atoms with van der Waals surface area (Å²) in [5.74, 6) is 0.902. The third-order valence-electron chi connectivity index (χ3n) is 10.3. The average Bonchev–Trinajstić information content (AvgIpc) is 3.09. The van der Waals surface area contributed by atoms with Crippen LogP contribution in [0, 0.1) is 0 Å². The van der Waals surface area contributed by atoms with Gasteiger partial charge in [-0.25, -0.2) is 0 Å². The summed E-state index contributed by atoms with van der Waals surface area (Å²) < 4.78 is 0. The smallest absolute Gasteiger partial charge is 0.00176 e. The molecule has 9 rings (SSSR count). The molecule has 0 saturated heterocycles. The summed E-state index contributed by atoms with van der Waals surface area (Å²) in [6, 6.07) is 50.5. The highest BCUT2D eigenvalue weighted by Crippen LogP contribution is 2.45. The first-order chi connectivity index (χ1) is 22.5. The van der Waals surface area contributed by atoms with Crippen LogP contribution in [0.15, 0.2) is 133 Å². The van der Waals surface area contributed by atoms with E-state index in [2.05, 4.69) is 161 Å². The van der Waals surface area contributed by atoms with Crippen LogP contribution in [0.4, 0.5) is 0 Å². The molecule has 220 valence electrons. The van der Waals surface area contributed by atoms with Gasteiger partial charge in [0.15, 0.2) is 0 Å². The van der Waals surface area contributed by atoms with Gasteiger partial charge >= 0.3 is 0 Å². The second kappa shape index (κ2) is 10.2. The summed E-state index contributed by atoms with van der Waals surface area (Å²) in [4.78, 5) is 0. The Labute approximate surface area is 270 Å². The van der Waals surface area contributed by atoms with Gasteiger partial charge in [0.05, 0.1) is 0 Å². The van der Waals surface area contributed by atoms with E-state index in [-0.39, 0.29) is 0 Å². The molecule has 9 aromatic carbocycles. The first kappa shape index (κ1) is 27.1. The Kier molecular flexibility index (Phi) is 5.99. The Bertz CT molecular complexity index is 2630. The molecular weight excluding hydrogens is 553 g/mol. The Morgan fingerprint density at radius 3 is 1.59 bits per heavy atom. The maximum atomic E-state index is 2.46. The van der Waals surface area contributed by atoms with E-state index in [4.69, 9.17) is 0 Å². The first-order valence-electron chi connectivity index (χ1n) is 16.7. The number of hydrogen-bond acceptors (Lipinski definition) is 0. The number of rotatable bonds is 4. The number of hydrogen-bond donors (Lipinski definition) is 0. The van der Waals surface area contributed by atoms with Crippen molar-refractivity contribution >= 4 is 64.6 Å². The van der Waals surface area contributed by atoms with E-state index in [1.165, 1.54) is 98.0 Å².